The maximum absolute atomic E-state index is 13.9. The first-order valence-electron chi connectivity index (χ1n) is 12.4. The molecule has 1 aliphatic heterocycles. The number of H-pyrrole nitrogens is 1. The van der Waals surface area contributed by atoms with Crippen LogP contribution < -0.4 is 5.32 Å². The van der Waals surface area contributed by atoms with Gasteiger partial charge < -0.3 is 19.9 Å². The van der Waals surface area contributed by atoms with Crippen LogP contribution in [0.25, 0.3) is 10.9 Å². The van der Waals surface area contributed by atoms with Gasteiger partial charge in [0.15, 0.2) is 0 Å². The van der Waals surface area contributed by atoms with Crippen molar-refractivity contribution in [1.82, 2.24) is 15.2 Å². The summed E-state index contributed by atoms with van der Waals surface area (Å²) in [5.41, 5.74) is 5.63. The van der Waals surface area contributed by atoms with E-state index in [1.165, 1.54) is 11.1 Å². The molecule has 184 valence electrons. The van der Waals surface area contributed by atoms with Gasteiger partial charge in [-0.2, -0.15) is 0 Å². The molecule has 6 nitrogen and oxygen atoms in total. The first-order chi connectivity index (χ1) is 17.6. The number of rotatable bonds is 8. The largest absolute Gasteiger partial charge is 0.383 e. The third-order valence-corrected chi connectivity index (χ3v) is 6.99. The zero-order valence-corrected chi connectivity index (χ0v) is 20.7. The van der Waals surface area contributed by atoms with E-state index in [0.29, 0.717) is 25.3 Å². The van der Waals surface area contributed by atoms with Crippen LogP contribution in [-0.2, 0) is 16.0 Å². The molecule has 0 saturated heterocycles. The molecule has 2 amide bonds. The number of aromatic nitrogens is 1. The fourth-order valence-electron chi connectivity index (χ4n) is 5.30. The van der Waals surface area contributed by atoms with Crippen molar-refractivity contribution in [2.75, 3.05) is 26.8 Å². The second-order valence-electron chi connectivity index (χ2n) is 9.32. The van der Waals surface area contributed by atoms with Crippen LogP contribution in [0.5, 0.6) is 0 Å². The van der Waals surface area contributed by atoms with Crippen LogP contribution in [0.1, 0.15) is 44.6 Å². The number of hydrogen-bond donors (Lipinski definition) is 2. The fourth-order valence-corrected chi connectivity index (χ4v) is 5.30. The van der Waals surface area contributed by atoms with Gasteiger partial charge >= 0.3 is 0 Å². The number of ether oxygens (including phenoxy) is 1. The average Bonchev–Trinajstić information content (AvgIpc) is 3.32. The predicted octanol–water partition coefficient (Wildman–Crippen LogP) is 4.76. The highest BCUT2D eigenvalue weighted by molar-refractivity contribution is 6.02. The van der Waals surface area contributed by atoms with Crippen LogP contribution in [0.15, 0.2) is 79.0 Å². The standard InChI is InChI=1S/C30H31N3O3/c1-20-8-7-9-21(18-20)14-15-31-29(34)27-23-11-3-4-12-24(23)30(35)33(16-17-36-2)28(27)25-19-32-26-13-6-5-10-22(25)26/h3-13,18-19,27-28,32H,14-17H2,1-2H3,(H,31,34). The van der Waals surface area contributed by atoms with E-state index in [1.807, 2.05) is 60.8 Å². The number of nitrogens with zero attached hydrogens (tertiary/aromatic N) is 1. The fraction of sp³-hybridized carbons (Fsp3) is 0.267. The van der Waals surface area contributed by atoms with Crippen LogP contribution >= 0.6 is 0 Å². The van der Waals surface area contributed by atoms with E-state index in [2.05, 4.69) is 35.4 Å². The summed E-state index contributed by atoms with van der Waals surface area (Å²) in [4.78, 5) is 32.7. The Morgan fingerprint density at radius 2 is 1.83 bits per heavy atom. The Morgan fingerprint density at radius 1 is 1.03 bits per heavy atom. The van der Waals surface area contributed by atoms with Crippen molar-refractivity contribution >= 4 is 22.7 Å². The SMILES string of the molecule is COCCN1C(=O)c2ccccc2C(C(=O)NCCc2cccc(C)c2)C1c1c[nH]c2ccccc12. The number of fused-ring (bicyclic) bond motifs is 2. The van der Waals surface area contributed by atoms with Gasteiger partial charge in [0.05, 0.1) is 18.6 Å². The molecule has 2 unspecified atom stereocenters. The molecule has 6 heteroatoms. The molecule has 1 aliphatic rings. The summed E-state index contributed by atoms with van der Waals surface area (Å²) in [6.07, 6.45) is 2.68. The van der Waals surface area contributed by atoms with Gasteiger partial charge in [0, 0.05) is 48.4 Å². The molecule has 0 radical (unpaired) electrons. The molecule has 2 atom stereocenters. The van der Waals surface area contributed by atoms with Crippen molar-refractivity contribution in [3.8, 4) is 0 Å². The lowest BCUT2D eigenvalue weighted by Crippen LogP contribution is -2.48. The zero-order chi connectivity index (χ0) is 25.1. The van der Waals surface area contributed by atoms with Crippen molar-refractivity contribution in [1.29, 1.82) is 0 Å². The number of carbonyl (C=O) groups excluding carboxylic acids is 2. The van der Waals surface area contributed by atoms with Gasteiger partial charge in [0.1, 0.15) is 0 Å². The molecule has 5 rings (SSSR count). The molecule has 0 aliphatic carbocycles. The summed E-state index contributed by atoms with van der Waals surface area (Å²) in [7, 11) is 1.62. The maximum atomic E-state index is 13.9. The van der Waals surface area contributed by atoms with Crippen molar-refractivity contribution in [3.63, 3.8) is 0 Å². The summed E-state index contributed by atoms with van der Waals surface area (Å²) < 4.78 is 5.35. The smallest absolute Gasteiger partial charge is 0.254 e. The molecule has 0 fully saturated rings. The van der Waals surface area contributed by atoms with Crippen molar-refractivity contribution in [2.24, 2.45) is 0 Å². The minimum Gasteiger partial charge on any atom is -0.383 e. The first-order valence-corrected chi connectivity index (χ1v) is 12.4. The number of benzene rings is 3. The summed E-state index contributed by atoms with van der Waals surface area (Å²) in [6, 6.07) is 23.3. The lowest BCUT2D eigenvalue weighted by Gasteiger charge is -2.41. The monoisotopic (exact) mass is 481 g/mol. The molecular weight excluding hydrogens is 450 g/mol. The normalized spacial score (nSPS) is 17.3. The lowest BCUT2D eigenvalue weighted by molar-refractivity contribution is -0.124. The van der Waals surface area contributed by atoms with Crippen LogP contribution in [0.3, 0.4) is 0 Å². The van der Waals surface area contributed by atoms with E-state index >= 15 is 0 Å². The number of amides is 2. The van der Waals surface area contributed by atoms with Gasteiger partial charge in [0.2, 0.25) is 5.91 Å². The Morgan fingerprint density at radius 3 is 2.67 bits per heavy atom. The van der Waals surface area contributed by atoms with Gasteiger partial charge in [-0.3, -0.25) is 9.59 Å². The Kier molecular flexibility index (Phi) is 6.87. The van der Waals surface area contributed by atoms with Gasteiger partial charge in [0.25, 0.3) is 5.91 Å². The molecule has 3 aromatic carbocycles. The van der Waals surface area contributed by atoms with Crippen molar-refractivity contribution in [2.45, 2.75) is 25.3 Å². The number of nitrogens with one attached hydrogen (secondary N) is 2. The molecule has 1 aromatic heterocycles. The number of aromatic amines is 1. The summed E-state index contributed by atoms with van der Waals surface area (Å²) >= 11 is 0. The van der Waals surface area contributed by atoms with Crippen LogP contribution in [0.4, 0.5) is 0 Å². The molecule has 36 heavy (non-hydrogen) atoms. The van der Waals surface area contributed by atoms with E-state index in [-0.39, 0.29) is 11.8 Å². The van der Waals surface area contributed by atoms with E-state index in [9.17, 15) is 9.59 Å². The van der Waals surface area contributed by atoms with Crippen LogP contribution in [-0.4, -0.2) is 48.5 Å². The van der Waals surface area contributed by atoms with Crippen molar-refractivity contribution in [3.05, 3.63) is 107 Å². The third kappa shape index (κ3) is 4.52. The van der Waals surface area contributed by atoms with Crippen LogP contribution in [0, 0.1) is 6.92 Å². The molecule has 0 bridgehead atoms. The topological polar surface area (TPSA) is 74.4 Å². The maximum Gasteiger partial charge on any atom is 0.254 e. The third-order valence-electron chi connectivity index (χ3n) is 6.99. The van der Waals surface area contributed by atoms with E-state index in [4.69, 9.17) is 4.74 Å². The van der Waals surface area contributed by atoms with Gasteiger partial charge in [-0.15, -0.1) is 0 Å². The number of carbonyl (C=O) groups is 2. The highest BCUT2D eigenvalue weighted by atomic mass is 16.5. The van der Waals surface area contributed by atoms with E-state index < -0.39 is 12.0 Å². The highest BCUT2D eigenvalue weighted by Gasteiger charge is 2.44. The Hall–Kier alpha value is -3.90. The molecule has 0 saturated carbocycles. The second-order valence-corrected chi connectivity index (χ2v) is 9.32. The molecule has 2 N–H and O–H groups in total. The minimum absolute atomic E-state index is 0.0817. The number of aryl methyl sites for hydroxylation is 1. The van der Waals surface area contributed by atoms with Gasteiger partial charge in [-0.05, 0) is 36.6 Å². The summed E-state index contributed by atoms with van der Waals surface area (Å²) in [5, 5.41) is 4.18. The van der Waals surface area contributed by atoms with Gasteiger partial charge in [-0.1, -0.05) is 66.2 Å². The Bertz CT molecular complexity index is 1390. The predicted molar refractivity (Wildman–Crippen MR) is 141 cm³/mol. The Balaban J connectivity index is 1.53. The van der Waals surface area contributed by atoms with E-state index in [1.54, 1.807) is 12.0 Å². The summed E-state index contributed by atoms with van der Waals surface area (Å²) in [5.74, 6) is -0.713. The van der Waals surface area contributed by atoms with E-state index in [0.717, 1.165) is 28.5 Å². The van der Waals surface area contributed by atoms with Gasteiger partial charge in [-0.25, -0.2) is 0 Å². The lowest BCUT2D eigenvalue weighted by atomic mass is 9.79. The average molecular weight is 482 g/mol. The number of para-hydroxylation sites is 1. The number of hydrogen-bond acceptors (Lipinski definition) is 3. The van der Waals surface area contributed by atoms with Crippen molar-refractivity contribution < 1.29 is 14.3 Å². The van der Waals surface area contributed by atoms with Crippen LogP contribution in [0.2, 0.25) is 0 Å². The first kappa shape index (κ1) is 23.8. The highest BCUT2D eigenvalue weighted by Crippen LogP contribution is 2.44. The molecular formula is C30H31N3O3. The second kappa shape index (κ2) is 10.4. The minimum atomic E-state index is -0.549. The number of methoxy groups -OCH3 is 1. The molecule has 4 aromatic rings. The molecule has 0 spiro atoms. The summed E-state index contributed by atoms with van der Waals surface area (Å²) in [6.45, 7) is 3.36. The quantitative estimate of drug-likeness (QED) is 0.381. The zero-order valence-electron chi connectivity index (χ0n) is 20.7. The molecule has 2 heterocycles. The Labute approximate surface area is 211 Å².